The van der Waals surface area contributed by atoms with Gasteiger partial charge in [0, 0.05) is 38.0 Å². The molecule has 16 heavy (non-hydrogen) atoms. The molecule has 2 rings (SSSR count). The van der Waals surface area contributed by atoms with Crippen molar-refractivity contribution in [1.29, 1.82) is 0 Å². The normalized spacial score (nSPS) is 10.6. The maximum atomic E-state index is 4.46. The van der Waals surface area contributed by atoms with Crippen molar-refractivity contribution in [2.24, 2.45) is 7.05 Å². The highest BCUT2D eigenvalue weighted by molar-refractivity contribution is 5.60. The number of nitrogens with zero attached hydrogens (tertiary/aromatic N) is 3. The van der Waals surface area contributed by atoms with Crippen molar-refractivity contribution in [2.75, 3.05) is 13.6 Å². The van der Waals surface area contributed by atoms with E-state index in [1.807, 2.05) is 49.4 Å². The Hall–Kier alpha value is -1.68. The highest BCUT2D eigenvalue weighted by atomic mass is 15.3. The molecular formula is C12H16N4. The minimum Gasteiger partial charge on any atom is -0.319 e. The van der Waals surface area contributed by atoms with Crippen LogP contribution < -0.4 is 5.32 Å². The third-order valence-electron chi connectivity index (χ3n) is 2.46. The summed E-state index contributed by atoms with van der Waals surface area (Å²) in [6.07, 6.45) is 4.75. The second-order valence-corrected chi connectivity index (χ2v) is 3.73. The number of aromatic nitrogens is 3. The van der Waals surface area contributed by atoms with Crippen LogP contribution in [0, 0.1) is 0 Å². The fraction of sp³-hybridized carbons (Fsp3) is 0.333. The molecule has 0 unspecified atom stereocenters. The van der Waals surface area contributed by atoms with E-state index in [1.165, 1.54) is 0 Å². The summed E-state index contributed by atoms with van der Waals surface area (Å²) in [6, 6.07) is 5.93. The van der Waals surface area contributed by atoms with Crippen molar-refractivity contribution in [3.8, 4) is 11.3 Å². The molecule has 0 atom stereocenters. The van der Waals surface area contributed by atoms with Crippen LogP contribution in [0.4, 0.5) is 0 Å². The van der Waals surface area contributed by atoms with E-state index in [0.29, 0.717) is 0 Å². The highest BCUT2D eigenvalue weighted by Crippen LogP contribution is 2.20. The number of aryl methyl sites for hydroxylation is 1. The van der Waals surface area contributed by atoms with Crippen LogP contribution in [0.1, 0.15) is 5.69 Å². The summed E-state index contributed by atoms with van der Waals surface area (Å²) in [5, 5.41) is 7.60. The van der Waals surface area contributed by atoms with E-state index in [4.69, 9.17) is 0 Å². The molecule has 2 heterocycles. The molecule has 1 N–H and O–H groups in total. The Morgan fingerprint density at radius 1 is 1.38 bits per heavy atom. The second-order valence-electron chi connectivity index (χ2n) is 3.73. The average Bonchev–Trinajstić information content (AvgIpc) is 2.69. The molecule has 0 amide bonds. The van der Waals surface area contributed by atoms with E-state index < -0.39 is 0 Å². The van der Waals surface area contributed by atoms with Crippen LogP contribution in [-0.2, 0) is 13.5 Å². The quantitative estimate of drug-likeness (QED) is 0.836. The van der Waals surface area contributed by atoms with Crippen LogP contribution in [0.25, 0.3) is 11.3 Å². The van der Waals surface area contributed by atoms with Crippen molar-refractivity contribution in [1.82, 2.24) is 20.1 Å². The maximum Gasteiger partial charge on any atom is 0.0736 e. The minimum atomic E-state index is 0.920. The fourth-order valence-electron chi connectivity index (χ4n) is 1.70. The standard InChI is InChI=1S/C12H16N4/c1-13-8-6-12-10(9-16(2)15-12)11-5-3-4-7-14-11/h3-5,7,9,13H,6,8H2,1-2H3. The molecule has 0 radical (unpaired) electrons. The van der Waals surface area contributed by atoms with Crippen molar-refractivity contribution in [3.05, 3.63) is 36.3 Å². The Morgan fingerprint density at radius 2 is 2.25 bits per heavy atom. The zero-order valence-corrected chi connectivity index (χ0v) is 9.64. The van der Waals surface area contributed by atoms with Crippen LogP contribution >= 0.6 is 0 Å². The van der Waals surface area contributed by atoms with Crippen LogP contribution in [0.2, 0.25) is 0 Å². The van der Waals surface area contributed by atoms with Crippen molar-refractivity contribution >= 4 is 0 Å². The lowest BCUT2D eigenvalue weighted by atomic mass is 10.1. The molecule has 0 spiro atoms. The van der Waals surface area contributed by atoms with Gasteiger partial charge in [-0.15, -0.1) is 0 Å². The largest absolute Gasteiger partial charge is 0.319 e. The first-order valence-electron chi connectivity index (χ1n) is 5.40. The van der Waals surface area contributed by atoms with E-state index in [1.54, 1.807) is 0 Å². The lowest BCUT2D eigenvalue weighted by molar-refractivity contribution is 0.717. The van der Waals surface area contributed by atoms with Gasteiger partial charge in [0.15, 0.2) is 0 Å². The Bertz CT molecular complexity index is 447. The van der Waals surface area contributed by atoms with Gasteiger partial charge in [-0.3, -0.25) is 9.67 Å². The van der Waals surface area contributed by atoms with E-state index in [0.717, 1.165) is 29.9 Å². The smallest absolute Gasteiger partial charge is 0.0736 e. The summed E-state index contributed by atoms with van der Waals surface area (Å²) in [5.74, 6) is 0. The molecule has 0 bridgehead atoms. The Morgan fingerprint density at radius 3 is 2.94 bits per heavy atom. The second kappa shape index (κ2) is 4.90. The number of rotatable bonds is 4. The Balaban J connectivity index is 2.33. The van der Waals surface area contributed by atoms with Gasteiger partial charge in [0.25, 0.3) is 0 Å². The Kier molecular flexibility index (Phi) is 3.31. The van der Waals surface area contributed by atoms with Crippen LogP contribution in [-0.4, -0.2) is 28.4 Å². The van der Waals surface area contributed by atoms with Gasteiger partial charge in [-0.2, -0.15) is 5.10 Å². The number of likely N-dealkylation sites (N-methyl/N-ethyl adjacent to an activating group) is 1. The van der Waals surface area contributed by atoms with E-state index in [2.05, 4.69) is 15.4 Å². The third kappa shape index (κ3) is 2.28. The van der Waals surface area contributed by atoms with Gasteiger partial charge in [-0.25, -0.2) is 0 Å². The monoisotopic (exact) mass is 216 g/mol. The SMILES string of the molecule is CNCCc1nn(C)cc1-c1ccccn1. The molecule has 2 aromatic heterocycles. The van der Waals surface area contributed by atoms with Crippen LogP contribution in [0.5, 0.6) is 0 Å². The zero-order chi connectivity index (χ0) is 11.4. The third-order valence-corrected chi connectivity index (χ3v) is 2.46. The molecule has 84 valence electrons. The van der Waals surface area contributed by atoms with Crippen molar-refractivity contribution in [3.63, 3.8) is 0 Å². The number of hydrogen-bond donors (Lipinski definition) is 1. The molecule has 4 heteroatoms. The van der Waals surface area contributed by atoms with Gasteiger partial charge >= 0.3 is 0 Å². The van der Waals surface area contributed by atoms with Gasteiger partial charge in [-0.1, -0.05) is 6.07 Å². The Labute approximate surface area is 95.3 Å². The predicted molar refractivity (Wildman–Crippen MR) is 64.1 cm³/mol. The average molecular weight is 216 g/mol. The van der Waals surface area contributed by atoms with Crippen LogP contribution in [0.3, 0.4) is 0 Å². The van der Waals surface area contributed by atoms with Crippen molar-refractivity contribution in [2.45, 2.75) is 6.42 Å². The highest BCUT2D eigenvalue weighted by Gasteiger charge is 2.09. The van der Waals surface area contributed by atoms with Gasteiger partial charge in [0.05, 0.1) is 11.4 Å². The minimum absolute atomic E-state index is 0.920. The van der Waals surface area contributed by atoms with E-state index in [9.17, 15) is 0 Å². The van der Waals surface area contributed by atoms with E-state index in [-0.39, 0.29) is 0 Å². The molecular weight excluding hydrogens is 200 g/mol. The van der Waals surface area contributed by atoms with Gasteiger partial charge in [-0.05, 0) is 19.2 Å². The summed E-state index contributed by atoms with van der Waals surface area (Å²) >= 11 is 0. The fourth-order valence-corrected chi connectivity index (χ4v) is 1.70. The van der Waals surface area contributed by atoms with Crippen LogP contribution in [0.15, 0.2) is 30.6 Å². The number of hydrogen-bond acceptors (Lipinski definition) is 3. The molecule has 0 saturated heterocycles. The summed E-state index contributed by atoms with van der Waals surface area (Å²) < 4.78 is 1.84. The predicted octanol–water partition coefficient (Wildman–Crippen LogP) is 1.24. The number of pyridine rings is 1. The first-order chi connectivity index (χ1) is 7.81. The lowest BCUT2D eigenvalue weighted by Gasteiger charge is -2.00. The lowest BCUT2D eigenvalue weighted by Crippen LogP contribution is -2.11. The molecule has 0 aliphatic carbocycles. The summed E-state index contributed by atoms with van der Waals surface area (Å²) in [4.78, 5) is 4.36. The molecule has 0 aliphatic rings. The molecule has 0 aromatic carbocycles. The zero-order valence-electron chi connectivity index (χ0n) is 9.64. The maximum absolute atomic E-state index is 4.46. The summed E-state index contributed by atoms with van der Waals surface area (Å²) in [7, 11) is 3.89. The number of nitrogens with one attached hydrogen (secondary N) is 1. The first kappa shape index (κ1) is 10.8. The molecule has 0 fully saturated rings. The molecule has 4 nitrogen and oxygen atoms in total. The molecule has 0 saturated carbocycles. The molecule has 2 aromatic rings. The molecule has 0 aliphatic heterocycles. The van der Waals surface area contributed by atoms with Gasteiger partial charge in [0.1, 0.15) is 0 Å². The topological polar surface area (TPSA) is 42.7 Å². The summed E-state index contributed by atoms with van der Waals surface area (Å²) in [5.41, 5.74) is 3.20. The van der Waals surface area contributed by atoms with Crippen molar-refractivity contribution < 1.29 is 0 Å². The van der Waals surface area contributed by atoms with E-state index >= 15 is 0 Å². The van der Waals surface area contributed by atoms with Gasteiger partial charge in [0.2, 0.25) is 0 Å². The summed E-state index contributed by atoms with van der Waals surface area (Å²) in [6.45, 7) is 0.927. The first-order valence-corrected chi connectivity index (χ1v) is 5.40. The van der Waals surface area contributed by atoms with Gasteiger partial charge < -0.3 is 5.32 Å².